The molecule has 0 aliphatic heterocycles. The van der Waals surface area contributed by atoms with Crippen LogP contribution in [0.1, 0.15) is 54.4 Å². The molecule has 1 aliphatic rings. The molecule has 0 radical (unpaired) electrons. The Morgan fingerprint density at radius 3 is 2.70 bits per heavy atom. The summed E-state index contributed by atoms with van der Waals surface area (Å²) < 4.78 is 9.30. The number of carboxylic acids is 1. The number of ether oxygens (including phenoxy) is 1. The van der Waals surface area contributed by atoms with E-state index in [1.54, 1.807) is 24.0 Å². The van der Waals surface area contributed by atoms with Crippen LogP contribution >= 0.6 is 0 Å². The van der Waals surface area contributed by atoms with Crippen LogP contribution in [0.5, 0.6) is 5.75 Å². The Bertz CT molecular complexity index is 1380. The average Bonchev–Trinajstić information content (AvgIpc) is 3.52. The average molecular weight is 504 g/mol. The number of rotatable bonds is 8. The standard InChI is InChI=1S/C26H29N7O4/c1-16-22(37-19-10-6-9-18(13-19)26(35)36)12-11-20(27-16)23-24(32(2)30-29-23)25(34)21-15-33(31-28-21)14-17-7-4-3-5-8-17/h3-5,7-8,11-12,15,18-19,25,34H,6,9-10,13-14H2,1-2H3,(H,35,36). The molecule has 3 unspecified atom stereocenters. The highest BCUT2D eigenvalue weighted by molar-refractivity contribution is 5.70. The van der Waals surface area contributed by atoms with E-state index < -0.39 is 12.1 Å². The predicted octanol–water partition coefficient (Wildman–Crippen LogP) is 2.93. The Morgan fingerprint density at radius 2 is 1.95 bits per heavy atom. The number of aryl methyl sites for hydroxylation is 2. The topological polar surface area (TPSA) is 141 Å². The number of aliphatic carboxylic acids is 1. The summed E-state index contributed by atoms with van der Waals surface area (Å²) in [5, 5.41) is 37.2. The Labute approximate surface area is 213 Å². The first-order chi connectivity index (χ1) is 17.9. The third-order valence-electron chi connectivity index (χ3n) is 6.70. The van der Waals surface area contributed by atoms with E-state index in [0.717, 1.165) is 18.4 Å². The molecule has 0 amide bonds. The Balaban J connectivity index is 1.34. The van der Waals surface area contributed by atoms with Crippen molar-refractivity contribution < 1.29 is 19.7 Å². The molecule has 1 aliphatic carbocycles. The molecule has 11 heteroatoms. The van der Waals surface area contributed by atoms with E-state index in [2.05, 4.69) is 25.6 Å². The maximum Gasteiger partial charge on any atom is 0.306 e. The minimum absolute atomic E-state index is 0.159. The molecule has 0 saturated heterocycles. The van der Waals surface area contributed by atoms with Gasteiger partial charge in [-0.3, -0.25) is 4.79 Å². The molecule has 3 atom stereocenters. The van der Waals surface area contributed by atoms with Gasteiger partial charge in [-0.15, -0.1) is 10.2 Å². The van der Waals surface area contributed by atoms with Gasteiger partial charge < -0.3 is 14.9 Å². The molecule has 3 aromatic heterocycles. The summed E-state index contributed by atoms with van der Waals surface area (Å²) in [5.41, 5.74) is 3.52. The highest BCUT2D eigenvalue weighted by atomic mass is 16.5. The first-order valence-corrected chi connectivity index (χ1v) is 12.3. The van der Waals surface area contributed by atoms with E-state index >= 15 is 0 Å². The highest BCUT2D eigenvalue weighted by Gasteiger charge is 2.29. The quantitative estimate of drug-likeness (QED) is 0.371. The van der Waals surface area contributed by atoms with E-state index in [1.165, 1.54) is 4.68 Å². The zero-order chi connectivity index (χ0) is 25.9. The lowest BCUT2D eigenvalue weighted by Gasteiger charge is -2.27. The van der Waals surface area contributed by atoms with Crippen molar-refractivity contribution in [1.82, 2.24) is 35.0 Å². The van der Waals surface area contributed by atoms with Gasteiger partial charge in [-0.1, -0.05) is 40.8 Å². The Kier molecular flexibility index (Phi) is 6.95. The van der Waals surface area contributed by atoms with Crippen molar-refractivity contribution >= 4 is 5.97 Å². The summed E-state index contributed by atoms with van der Waals surface area (Å²) in [6.07, 6.45) is 3.25. The van der Waals surface area contributed by atoms with Gasteiger partial charge in [-0.2, -0.15) is 0 Å². The van der Waals surface area contributed by atoms with E-state index in [4.69, 9.17) is 4.74 Å². The molecule has 192 valence electrons. The molecular weight excluding hydrogens is 474 g/mol. The number of nitrogens with zero attached hydrogens (tertiary/aromatic N) is 7. The molecular formula is C26H29N7O4. The highest BCUT2D eigenvalue weighted by Crippen LogP contribution is 2.32. The summed E-state index contributed by atoms with van der Waals surface area (Å²) in [7, 11) is 1.70. The molecule has 37 heavy (non-hydrogen) atoms. The lowest BCUT2D eigenvalue weighted by molar-refractivity contribution is -0.143. The fraction of sp³-hybridized carbons (Fsp3) is 0.385. The molecule has 11 nitrogen and oxygen atoms in total. The Morgan fingerprint density at radius 1 is 1.14 bits per heavy atom. The van der Waals surface area contributed by atoms with Crippen LogP contribution in [0.3, 0.4) is 0 Å². The van der Waals surface area contributed by atoms with Crippen molar-refractivity contribution in [2.45, 2.75) is 51.4 Å². The van der Waals surface area contributed by atoms with Crippen molar-refractivity contribution in [2.24, 2.45) is 13.0 Å². The summed E-state index contributed by atoms with van der Waals surface area (Å²) in [5.74, 6) is -0.539. The molecule has 4 aromatic rings. The number of aliphatic hydroxyl groups excluding tert-OH is 1. The van der Waals surface area contributed by atoms with E-state index in [9.17, 15) is 15.0 Å². The van der Waals surface area contributed by atoms with Gasteiger partial charge in [0.25, 0.3) is 0 Å². The minimum Gasteiger partial charge on any atom is -0.489 e. The van der Waals surface area contributed by atoms with Gasteiger partial charge in [-0.25, -0.2) is 14.3 Å². The first-order valence-electron chi connectivity index (χ1n) is 12.3. The second-order valence-corrected chi connectivity index (χ2v) is 9.40. The van der Waals surface area contributed by atoms with Crippen LogP contribution < -0.4 is 4.74 Å². The molecule has 1 saturated carbocycles. The zero-order valence-corrected chi connectivity index (χ0v) is 20.7. The molecule has 1 fully saturated rings. The van der Waals surface area contributed by atoms with E-state index in [0.29, 0.717) is 53.6 Å². The van der Waals surface area contributed by atoms with Crippen LogP contribution in [0.4, 0.5) is 0 Å². The number of carboxylic acid groups (broad SMARTS) is 1. The number of carbonyl (C=O) groups is 1. The van der Waals surface area contributed by atoms with Crippen LogP contribution in [0.2, 0.25) is 0 Å². The van der Waals surface area contributed by atoms with Gasteiger partial charge in [0.1, 0.15) is 28.9 Å². The van der Waals surface area contributed by atoms with Crippen LogP contribution in [-0.2, 0) is 18.4 Å². The maximum absolute atomic E-state index is 11.4. The number of hydrogen-bond donors (Lipinski definition) is 2. The minimum atomic E-state index is -1.10. The van der Waals surface area contributed by atoms with Gasteiger partial charge in [-0.05, 0) is 50.3 Å². The summed E-state index contributed by atoms with van der Waals surface area (Å²) in [6, 6.07) is 13.5. The number of pyridine rings is 1. The summed E-state index contributed by atoms with van der Waals surface area (Å²) in [6.45, 7) is 2.37. The van der Waals surface area contributed by atoms with E-state index in [1.807, 2.05) is 43.3 Å². The van der Waals surface area contributed by atoms with Gasteiger partial charge in [0, 0.05) is 7.05 Å². The first kappa shape index (κ1) is 24.6. The van der Waals surface area contributed by atoms with Crippen molar-refractivity contribution in [3.05, 3.63) is 71.3 Å². The predicted molar refractivity (Wildman–Crippen MR) is 133 cm³/mol. The fourth-order valence-corrected chi connectivity index (χ4v) is 4.74. The lowest BCUT2D eigenvalue weighted by Crippen LogP contribution is -2.29. The SMILES string of the molecule is Cc1nc(-c2nnn(C)c2C(O)c2cn(Cc3ccccc3)nn2)ccc1OC1CCCC(C(=O)O)C1. The van der Waals surface area contributed by atoms with Crippen molar-refractivity contribution in [1.29, 1.82) is 0 Å². The summed E-state index contributed by atoms with van der Waals surface area (Å²) in [4.78, 5) is 16.0. The largest absolute Gasteiger partial charge is 0.489 e. The fourth-order valence-electron chi connectivity index (χ4n) is 4.74. The van der Waals surface area contributed by atoms with Crippen molar-refractivity contribution in [3.8, 4) is 17.1 Å². The molecule has 0 spiro atoms. The van der Waals surface area contributed by atoms with Gasteiger partial charge in [0.2, 0.25) is 0 Å². The third kappa shape index (κ3) is 5.36. The van der Waals surface area contributed by atoms with Gasteiger partial charge in [0.15, 0.2) is 0 Å². The zero-order valence-electron chi connectivity index (χ0n) is 20.7. The molecule has 0 bridgehead atoms. The monoisotopic (exact) mass is 503 g/mol. The van der Waals surface area contributed by atoms with Gasteiger partial charge in [0.05, 0.1) is 36.2 Å². The Hall–Kier alpha value is -4.12. The van der Waals surface area contributed by atoms with Gasteiger partial charge >= 0.3 is 5.97 Å². The molecule has 3 heterocycles. The van der Waals surface area contributed by atoms with Crippen molar-refractivity contribution in [3.63, 3.8) is 0 Å². The van der Waals surface area contributed by atoms with Crippen molar-refractivity contribution in [2.75, 3.05) is 0 Å². The summed E-state index contributed by atoms with van der Waals surface area (Å²) >= 11 is 0. The normalized spacial score (nSPS) is 18.5. The second kappa shape index (κ2) is 10.5. The van der Waals surface area contributed by atoms with Crippen LogP contribution in [0.15, 0.2) is 48.7 Å². The number of aromatic nitrogens is 7. The van der Waals surface area contributed by atoms with Crippen LogP contribution in [0.25, 0.3) is 11.4 Å². The maximum atomic E-state index is 11.4. The van der Waals surface area contributed by atoms with Crippen LogP contribution in [-0.4, -0.2) is 57.3 Å². The number of hydrogen-bond acceptors (Lipinski definition) is 8. The third-order valence-corrected chi connectivity index (χ3v) is 6.70. The lowest BCUT2D eigenvalue weighted by atomic mass is 9.87. The number of benzene rings is 1. The second-order valence-electron chi connectivity index (χ2n) is 9.40. The molecule has 1 aromatic carbocycles. The van der Waals surface area contributed by atoms with Crippen LogP contribution in [0, 0.1) is 12.8 Å². The van der Waals surface area contributed by atoms with E-state index in [-0.39, 0.29) is 12.0 Å². The molecule has 5 rings (SSSR count). The smallest absolute Gasteiger partial charge is 0.306 e. The molecule has 2 N–H and O–H groups in total. The number of aliphatic hydroxyl groups is 1.